The van der Waals surface area contributed by atoms with Crippen LogP contribution >= 0.6 is 11.3 Å². The molecule has 1 aliphatic heterocycles. The first kappa shape index (κ1) is 21.6. The Kier molecular flexibility index (Phi) is 6.49. The van der Waals surface area contributed by atoms with E-state index >= 15 is 0 Å². The zero-order valence-electron chi connectivity index (χ0n) is 18.2. The van der Waals surface area contributed by atoms with Crippen LogP contribution in [0.5, 0.6) is 0 Å². The summed E-state index contributed by atoms with van der Waals surface area (Å²) >= 11 is 1.69. The summed E-state index contributed by atoms with van der Waals surface area (Å²) in [7, 11) is 0. The van der Waals surface area contributed by atoms with E-state index in [1.807, 2.05) is 5.51 Å². The molecule has 0 saturated carbocycles. The van der Waals surface area contributed by atoms with Gasteiger partial charge in [-0.05, 0) is 36.3 Å². The molecule has 1 aromatic heterocycles. The highest BCUT2D eigenvalue weighted by Gasteiger charge is 2.33. The zero-order chi connectivity index (χ0) is 21.2. The third-order valence-electron chi connectivity index (χ3n) is 5.80. The van der Waals surface area contributed by atoms with Crippen molar-refractivity contribution in [3.8, 4) is 10.4 Å². The Morgan fingerprint density at radius 2 is 2.00 bits per heavy atom. The molecular formula is C24H34N4S. The second kappa shape index (κ2) is 8.72. The molecule has 1 saturated heterocycles. The van der Waals surface area contributed by atoms with Crippen LogP contribution in [0.1, 0.15) is 44.9 Å². The van der Waals surface area contributed by atoms with Crippen molar-refractivity contribution in [2.24, 2.45) is 11.1 Å². The Bertz CT molecular complexity index is 860. The molecule has 3 N–H and O–H groups in total. The normalized spacial score (nSPS) is 18.0. The van der Waals surface area contributed by atoms with Crippen LogP contribution in [-0.2, 0) is 6.54 Å². The lowest BCUT2D eigenvalue weighted by atomic mass is 9.85. The Labute approximate surface area is 179 Å². The van der Waals surface area contributed by atoms with E-state index in [1.54, 1.807) is 11.3 Å². The van der Waals surface area contributed by atoms with Crippen molar-refractivity contribution in [3.63, 3.8) is 0 Å². The van der Waals surface area contributed by atoms with Crippen molar-refractivity contribution >= 4 is 11.3 Å². The van der Waals surface area contributed by atoms with Crippen molar-refractivity contribution in [3.05, 3.63) is 65.6 Å². The molecule has 2 aromatic rings. The molecule has 29 heavy (non-hydrogen) atoms. The highest BCUT2D eigenvalue weighted by molar-refractivity contribution is 7.13. The highest BCUT2D eigenvalue weighted by Crippen LogP contribution is 2.31. The van der Waals surface area contributed by atoms with Gasteiger partial charge < -0.3 is 16.0 Å². The molecule has 1 aliphatic rings. The third kappa shape index (κ3) is 4.90. The van der Waals surface area contributed by atoms with Gasteiger partial charge in [0.25, 0.3) is 0 Å². The number of likely N-dealkylation sites (tertiary alicyclic amines) is 1. The number of aromatic nitrogens is 1. The van der Waals surface area contributed by atoms with Gasteiger partial charge >= 0.3 is 0 Å². The van der Waals surface area contributed by atoms with Crippen LogP contribution in [0, 0.1) is 12.3 Å². The predicted molar refractivity (Wildman–Crippen MR) is 125 cm³/mol. The zero-order valence-corrected chi connectivity index (χ0v) is 19.0. The van der Waals surface area contributed by atoms with Crippen molar-refractivity contribution in [2.45, 2.75) is 59.2 Å². The fourth-order valence-corrected chi connectivity index (χ4v) is 4.65. The minimum Gasteiger partial charge on any atom is -0.383 e. The van der Waals surface area contributed by atoms with Gasteiger partial charge in [0.2, 0.25) is 0 Å². The van der Waals surface area contributed by atoms with Crippen LogP contribution in [0.3, 0.4) is 0 Å². The number of aryl methyl sites for hydroxylation is 1. The van der Waals surface area contributed by atoms with Gasteiger partial charge in [-0.25, -0.2) is 4.98 Å². The molecule has 5 heteroatoms. The molecule has 2 atom stereocenters. The smallest absolute Gasteiger partial charge is 0.0801 e. The molecule has 0 spiro atoms. The fourth-order valence-electron chi connectivity index (χ4n) is 3.84. The van der Waals surface area contributed by atoms with Crippen LogP contribution in [0.25, 0.3) is 10.4 Å². The Hall–Kier alpha value is -2.11. The minimum atomic E-state index is -0.0568. The average molecular weight is 411 g/mol. The van der Waals surface area contributed by atoms with E-state index in [-0.39, 0.29) is 17.5 Å². The summed E-state index contributed by atoms with van der Waals surface area (Å²) in [6.07, 6.45) is 2.23. The molecule has 3 rings (SSSR count). The van der Waals surface area contributed by atoms with Crippen molar-refractivity contribution in [1.29, 1.82) is 0 Å². The molecule has 2 unspecified atom stereocenters. The molecule has 1 aromatic carbocycles. The van der Waals surface area contributed by atoms with Crippen LogP contribution in [-0.4, -0.2) is 28.5 Å². The number of benzene rings is 1. The summed E-state index contributed by atoms with van der Waals surface area (Å²) < 4.78 is 0. The van der Waals surface area contributed by atoms with Gasteiger partial charge in [0.15, 0.2) is 0 Å². The lowest BCUT2D eigenvalue weighted by Gasteiger charge is -2.38. The van der Waals surface area contributed by atoms with E-state index in [4.69, 9.17) is 5.73 Å². The molecular weight excluding hydrogens is 376 g/mol. The lowest BCUT2D eigenvalue weighted by molar-refractivity contribution is 0.259. The number of nitrogens with two attached hydrogens (primary N) is 1. The van der Waals surface area contributed by atoms with E-state index in [2.05, 4.69) is 80.3 Å². The maximum absolute atomic E-state index is 6.47. The van der Waals surface area contributed by atoms with E-state index in [9.17, 15) is 0 Å². The first-order valence-corrected chi connectivity index (χ1v) is 11.2. The Balaban J connectivity index is 1.60. The van der Waals surface area contributed by atoms with Gasteiger partial charge in [0, 0.05) is 30.5 Å². The molecule has 0 amide bonds. The fraction of sp³-hybridized carbons (Fsp3) is 0.458. The summed E-state index contributed by atoms with van der Waals surface area (Å²) in [4.78, 5) is 7.93. The van der Waals surface area contributed by atoms with E-state index in [0.717, 1.165) is 43.0 Å². The second-order valence-corrected chi connectivity index (χ2v) is 9.88. The monoisotopic (exact) mass is 410 g/mol. The summed E-state index contributed by atoms with van der Waals surface area (Å²) in [6.45, 7) is 19.0. The average Bonchev–Trinajstić information content (AvgIpc) is 3.33. The maximum atomic E-state index is 6.47. The number of nitrogens with one attached hydrogen (secondary N) is 1. The van der Waals surface area contributed by atoms with Gasteiger partial charge in [-0.2, -0.15) is 0 Å². The Morgan fingerprint density at radius 1 is 1.31 bits per heavy atom. The quantitative estimate of drug-likeness (QED) is 0.669. The van der Waals surface area contributed by atoms with Gasteiger partial charge in [-0.3, -0.25) is 0 Å². The van der Waals surface area contributed by atoms with Crippen LogP contribution in [0.4, 0.5) is 0 Å². The molecule has 4 nitrogen and oxygen atoms in total. The topological polar surface area (TPSA) is 54.2 Å². The summed E-state index contributed by atoms with van der Waals surface area (Å²) in [5.41, 5.74) is 14.0. The van der Waals surface area contributed by atoms with Crippen LogP contribution < -0.4 is 11.1 Å². The van der Waals surface area contributed by atoms with Gasteiger partial charge in [-0.1, -0.05) is 58.2 Å². The number of nitrogens with zero attached hydrogens (tertiary/aromatic N) is 2. The first-order valence-electron chi connectivity index (χ1n) is 10.3. The lowest BCUT2D eigenvalue weighted by Crippen LogP contribution is -2.45. The molecule has 1 fully saturated rings. The number of thiazole rings is 1. The molecule has 2 heterocycles. The van der Waals surface area contributed by atoms with Crippen LogP contribution in [0.2, 0.25) is 0 Å². The van der Waals surface area contributed by atoms with Crippen molar-refractivity contribution in [1.82, 2.24) is 15.2 Å². The predicted octanol–water partition coefficient (Wildman–Crippen LogP) is 5.07. The molecule has 0 radical (unpaired) electrons. The third-order valence-corrected chi connectivity index (χ3v) is 6.77. The van der Waals surface area contributed by atoms with E-state index < -0.39 is 0 Å². The number of hydrogen-bond acceptors (Lipinski definition) is 5. The number of rotatable bonds is 7. The molecule has 0 aliphatic carbocycles. The maximum Gasteiger partial charge on any atom is 0.0801 e. The summed E-state index contributed by atoms with van der Waals surface area (Å²) in [6, 6.07) is 8.90. The molecule has 0 bridgehead atoms. The summed E-state index contributed by atoms with van der Waals surface area (Å²) in [5.74, 6) is 0. The first-order chi connectivity index (χ1) is 13.7. The molecule has 156 valence electrons. The van der Waals surface area contributed by atoms with E-state index in [0.29, 0.717) is 0 Å². The van der Waals surface area contributed by atoms with Crippen molar-refractivity contribution in [2.75, 3.05) is 6.54 Å². The highest BCUT2D eigenvalue weighted by atomic mass is 32.1. The summed E-state index contributed by atoms with van der Waals surface area (Å²) in [5, 5.41) is 3.54. The number of hydrogen-bond donors (Lipinski definition) is 2. The van der Waals surface area contributed by atoms with Crippen molar-refractivity contribution < 1.29 is 0 Å². The van der Waals surface area contributed by atoms with Gasteiger partial charge in [-0.15, -0.1) is 11.3 Å². The minimum absolute atomic E-state index is 0.00281. The second-order valence-electron chi connectivity index (χ2n) is 9.03. The van der Waals surface area contributed by atoms with Gasteiger partial charge in [0.05, 0.1) is 22.1 Å². The SMILES string of the molecule is C=C(NCc1ccc(-c2scnc2C)cc1)C1CCCN1C(=C)C(N)C(C)(C)C. The van der Waals surface area contributed by atoms with Crippen LogP contribution in [0.15, 0.2) is 54.3 Å². The largest absolute Gasteiger partial charge is 0.383 e. The standard InChI is InChI=1S/C24H34N4S/c1-16(21-8-7-13-28(21)18(3)23(25)24(4,5)6)26-14-19-9-11-20(12-10-19)22-17(2)27-15-29-22/h9-12,15,21,23,26H,1,3,7-8,13-14,25H2,2,4-6H3. The van der Waals surface area contributed by atoms with Gasteiger partial charge in [0.1, 0.15) is 0 Å². The van der Waals surface area contributed by atoms with E-state index in [1.165, 1.54) is 16.0 Å². The Morgan fingerprint density at radius 3 is 2.59 bits per heavy atom.